The first-order valence-electron chi connectivity index (χ1n) is 11.3. The van der Waals surface area contributed by atoms with Crippen LogP contribution < -0.4 is 14.8 Å². The molecule has 3 aliphatic rings. The van der Waals surface area contributed by atoms with Crippen molar-refractivity contribution in [3.8, 4) is 5.75 Å². The van der Waals surface area contributed by atoms with Gasteiger partial charge in [-0.3, -0.25) is 24.0 Å². The van der Waals surface area contributed by atoms with E-state index in [0.717, 1.165) is 11.3 Å². The van der Waals surface area contributed by atoms with Crippen molar-refractivity contribution in [2.45, 2.75) is 18.2 Å². The summed E-state index contributed by atoms with van der Waals surface area (Å²) in [6.45, 7) is 1.24. The number of nitrogens with zero attached hydrogens (tertiary/aromatic N) is 1. The van der Waals surface area contributed by atoms with Crippen LogP contribution in [0.1, 0.15) is 12.0 Å². The highest BCUT2D eigenvalue weighted by Crippen LogP contribution is 2.52. The predicted molar refractivity (Wildman–Crippen MR) is 128 cm³/mol. The Labute approximate surface area is 203 Å². The van der Waals surface area contributed by atoms with E-state index in [0.29, 0.717) is 11.3 Å². The number of aryl methyl sites for hydroxylation is 1. The van der Waals surface area contributed by atoms with Crippen molar-refractivity contribution < 1.29 is 27.5 Å². The van der Waals surface area contributed by atoms with Gasteiger partial charge in [-0.1, -0.05) is 30.4 Å². The number of fused-ring (bicyclic) bond motifs is 5. The molecule has 5 rings (SSSR count). The zero-order valence-corrected chi connectivity index (χ0v) is 20.0. The molecule has 1 aliphatic heterocycles. The zero-order chi connectivity index (χ0) is 24.9. The number of methoxy groups -OCH3 is 1. The lowest BCUT2D eigenvalue weighted by atomic mass is 9.85. The lowest BCUT2D eigenvalue weighted by Gasteiger charge is -2.17. The van der Waals surface area contributed by atoms with Crippen LogP contribution in [0.3, 0.4) is 0 Å². The molecular formula is C25H25N3O6S. The van der Waals surface area contributed by atoms with Crippen molar-refractivity contribution in [1.82, 2.24) is 4.90 Å². The highest BCUT2D eigenvalue weighted by molar-refractivity contribution is 7.92. The minimum absolute atomic E-state index is 0.0216. The van der Waals surface area contributed by atoms with Gasteiger partial charge in [-0.25, -0.2) is 8.42 Å². The second-order valence-electron chi connectivity index (χ2n) is 9.10. The number of rotatable bonds is 7. The average molecular weight is 496 g/mol. The van der Waals surface area contributed by atoms with Crippen LogP contribution in [-0.2, 0) is 24.4 Å². The predicted octanol–water partition coefficient (Wildman–Crippen LogP) is 2.55. The maximum atomic E-state index is 13.1. The number of sulfonamides is 1. The van der Waals surface area contributed by atoms with Crippen molar-refractivity contribution in [1.29, 1.82) is 0 Å². The number of para-hydroxylation sites is 2. The highest BCUT2D eigenvalue weighted by atomic mass is 32.2. The van der Waals surface area contributed by atoms with Crippen molar-refractivity contribution in [2.24, 2.45) is 23.7 Å². The van der Waals surface area contributed by atoms with Crippen LogP contribution in [0, 0.1) is 30.6 Å². The smallest absolute Gasteiger partial charge is 0.262 e. The molecule has 4 unspecified atom stereocenters. The largest absolute Gasteiger partial charge is 0.495 e. The minimum atomic E-state index is -4.00. The Morgan fingerprint density at radius 1 is 1.06 bits per heavy atom. The summed E-state index contributed by atoms with van der Waals surface area (Å²) in [4.78, 5) is 39.4. The monoisotopic (exact) mass is 495 g/mol. The van der Waals surface area contributed by atoms with Crippen molar-refractivity contribution in [3.63, 3.8) is 0 Å². The Morgan fingerprint density at radius 3 is 2.37 bits per heavy atom. The molecule has 1 saturated carbocycles. The molecule has 1 saturated heterocycles. The molecule has 2 aromatic rings. The number of anilines is 2. The Balaban J connectivity index is 1.31. The summed E-state index contributed by atoms with van der Waals surface area (Å²) < 4.78 is 33.9. The first-order valence-corrected chi connectivity index (χ1v) is 12.8. The van der Waals surface area contributed by atoms with E-state index in [9.17, 15) is 22.8 Å². The number of hydrogen-bond donors (Lipinski definition) is 2. The van der Waals surface area contributed by atoms with Crippen LogP contribution >= 0.6 is 0 Å². The van der Waals surface area contributed by atoms with E-state index in [1.54, 1.807) is 43.3 Å². The summed E-state index contributed by atoms with van der Waals surface area (Å²) >= 11 is 0. The summed E-state index contributed by atoms with van der Waals surface area (Å²) in [6.07, 6.45) is 4.80. The highest BCUT2D eigenvalue weighted by Gasteiger charge is 2.59. The summed E-state index contributed by atoms with van der Waals surface area (Å²) in [6, 6.07) is 11.1. The fourth-order valence-corrected chi connectivity index (χ4v) is 6.70. The molecule has 0 spiro atoms. The lowest BCUT2D eigenvalue weighted by Crippen LogP contribution is -2.39. The molecule has 2 aliphatic carbocycles. The Hall–Kier alpha value is -3.66. The van der Waals surface area contributed by atoms with E-state index in [1.165, 1.54) is 13.2 Å². The Morgan fingerprint density at radius 2 is 1.71 bits per heavy atom. The van der Waals surface area contributed by atoms with Gasteiger partial charge in [0.1, 0.15) is 12.3 Å². The van der Waals surface area contributed by atoms with Gasteiger partial charge < -0.3 is 10.1 Å². The lowest BCUT2D eigenvalue weighted by molar-refractivity contribution is -0.143. The van der Waals surface area contributed by atoms with Gasteiger partial charge >= 0.3 is 0 Å². The first-order chi connectivity index (χ1) is 16.7. The number of carbonyl (C=O) groups excluding carboxylic acids is 3. The van der Waals surface area contributed by atoms with Crippen molar-refractivity contribution in [3.05, 3.63) is 60.2 Å². The molecule has 2 bridgehead atoms. The van der Waals surface area contributed by atoms with Crippen molar-refractivity contribution in [2.75, 3.05) is 23.7 Å². The standard InChI is InChI=1S/C25H25N3O6S/c1-14-7-10-17(12-20(14)35(32,33)27-18-5-3-4-6-19(18)34-2)26-21(29)13-28-24(30)22-15-8-9-16(11-15)23(22)25(28)31/h3-10,12,15-16,22-23,27H,11,13H2,1-2H3,(H,26,29). The van der Waals surface area contributed by atoms with E-state index in [1.807, 2.05) is 12.2 Å². The van der Waals surface area contributed by atoms with Crippen LogP contribution in [0.2, 0.25) is 0 Å². The summed E-state index contributed by atoms with van der Waals surface area (Å²) in [7, 11) is -2.55. The summed E-state index contributed by atoms with van der Waals surface area (Å²) in [5.74, 6) is -1.43. The molecule has 2 aromatic carbocycles. The molecule has 0 aromatic heterocycles. The van der Waals surface area contributed by atoms with Crippen LogP contribution in [-0.4, -0.2) is 44.7 Å². The SMILES string of the molecule is COc1ccccc1NS(=O)(=O)c1cc(NC(=O)CN2C(=O)C3C4C=CC(C4)C3C2=O)ccc1C. The van der Waals surface area contributed by atoms with Crippen LogP contribution in [0.5, 0.6) is 5.75 Å². The second-order valence-corrected chi connectivity index (χ2v) is 10.7. The van der Waals surface area contributed by atoms with Gasteiger partial charge in [-0.15, -0.1) is 0 Å². The number of benzene rings is 2. The molecular weight excluding hydrogens is 470 g/mol. The molecule has 2 N–H and O–H groups in total. The van der Waals surface area contributed by atoms with Gasteiger partial charge in [0.05, 0.1) is 29.5 Å². The fraction of sp³-hybridized carbons (Fsp3) is 0.320. The van der Waals surface area contributed by atoms with Gasteiger partial charge in [0.15, 0.2) is 0 Å². The minimum Gasteiger partial charge on any atom is -0.495 e. The van der Waals surface area contributed by atoms with Crippen LogP contribution in [0.25, 0.3) is 0 Å². The van der Waals surface area contributed by atoms with Gasteiger partial charge in [0.2, 0.25) is 17.7 Å². The molecule has 9 nitrogen and oxygen atoms in total. The molecule has 0 radical (unpaired) electrons. The third kappa shape index (κ3) is 3.97. The third-order valence-electron chi connectivity index (χ3n) is 6.98. The van der Waals surface area contributed by atoms with E-state index in [2.05, 4.69) is 10.0 Å². The second kappa shape index (κ2) is 8.53. The molecule has 1 heterocycles. The fourth-order valence-electron chi connectivity index (χ4n) is 5.36. The third-order valence-corrected chi connectivity index (χ3v) is 8.48. The molecule has 4 atom stereocenters. The number of allylic oxidation sites excluding steroid dienone is 2. The Bertz CT molecular complexity index is 1340. The van der Waals surface area contributed by atoms with Gasteiger partial charge in [0.25, 0.3) is 10.0 Å². The number of hydrogen-bond acceptors (Lipinski definition) is 6. The van der Waals surface area contributed by atoms with Crippen LogP contribution in [0.15, 0.2) is 59.5 Å². The van der Waals surface area contributed by atoms with Gasteiger partial charge in [0, 0.05) is 5.69 Å². The number of ether oxygens (including phenoxy) is 1. The van der Waals surface area contributed by atoms with E-state index in [-0.39, 0.29) is 51.8 Å². The molecule has 182 valence electrons. The zero-order valence-electron chi connectivity index (χ0n) is 19.2. The van der Waals surface area contributed by atoms with E-state index in [4.69, 9.17) is 4.74 Å². The van der Waals surface area contributed by atoms with Crippen molar-refractivity contribution >= 4 is 39.1 Å². The molecule has 3 amide bonds. The maximum absolute atomic E-state index is 13.1. The normalized spacial score (nSPS) is 24.6. The Kier molecular flexibility index (Phi) is 5.63. The molecule has 35 heavy (non-hydrogen) atoms. The first kappa shape index (κ1) is 23.1. The summed E-state index contributed by atoms with van der Waals surface area (Å²) in [5.41, 5.74) is 0.997. The molecule has 2 fully saturated rings. The number of likely N-dealkylation sites (tertiary alicyclic amines) is 1. The maximum Gasteiger partial charge on any atom is 0.262 e. The topological polar surface area (TPSA) is 122 Å². The summed E-state index contributed by atoms with van der Waals surface area (Å²) in [5, 5.41) is 2.62. The van der Waals surface area contributed by atoms with Gasteiger partial charge in [-0.05, 0) is 55.0 Å². The quantitative estimate of drug-likeness (QED) is 0.450. The van der Waals surface area contributed by atoms with Gasteiger partial charge in [-0.2, -0.15) is 0 Å². The van der Waals surface area contributed by atoms with Crippen LogP contribution in [0.4, 0.5) is 11.4 Å². The van der Waals surface area contributed by atoms with E-state index >= 15 is 0 Å². The number of imide groups is 1. The van der Waals surface area contributed by atoms with E-state index < -0.39 is 22.5 Å². The average Bonchev–Trinajstić information content (AvgIpc) is 3.50. The molecule has 10 heteroatoms. The number of amides is 3. The number of nitrogens with one attached hydrogen (secondary N) is 2. The number of carbonyl (C=O) groups is 3.